The SMILES string of the molecule is COC(C(=O)Nc1cn[nH]c1)c1ccccc1. The minimum Gasteiger partial charge on any atom is -0.367 e. The fourth-order valence-corrected chi connectivity index (χ4v) is 1.55. The van der Waals surface area contributed by atoms with Crippen LogP contribution in [0.15, 0.2) is 42.7 Å². The maximum absolute atomic E-state index is 12.0. The fraction of sp³-hybridized carbons (Fsp3) is 0.167. The van der Waals surface area contributed by atoms with E-state index in [4.69, 9.17) is 4.74 Å². The standard InChI is InChI=1S/C12H13N3O2/c1-17-11(9-5-3-2-4-6-9)12(16)15-10-7-13-14-8-10/h2-8,11H,1H3,(H,13,14)(H,15,16). The largest absolute Gasteiger partial charge is 0.367 e. The van der Waals surface area contributed by atoms with Gasteiger partial charge in [-0.15, -0.1) is 0 Å². The first kappa shape index (κ1) is 11.3. The summed E-state index contributed by atoms with van der Waals surface area (Å²) < 4.78 is 5.20. The first-order valence-electron chi connectivity index (χ1n) is 5.18. The van der Waals surface area contributed by atoms with Gasteiger partial charge in [0.15, 0.2) is 6.10 Å². The van der Waals surface area contributed by atoms with Crippen LogP contribution in [0.25, 0.3) is 0 Å². The van der Waals surface area contributed by atoms with Gasteiger partial charge in [0.25, 0.3) is 5.91 Å². The summed E-state index contributed by atoms with van der Waals surface area (Å²) in [5.74, 6) is -0.222. The van der Waals surface area contributed by atoms with Crippen molar-refractivity contribution < 1.29 is 9.53 Å². The molecule has 0 aliphatic heterocycles. The molecule has 1 aromatic carbocycles. The van der Waals surface area contributed by atoms with Gasteiger partial charge in [-0.3, -0.25) is 9.89 Å². The molecule has 0 saturated heterocycles. The Morgan fingerprint density at radius 1 is 1.41 bits per heavy atom. The molecule has 5 heteroatoms. The predicted molar refractivity (Wildman–Crippen MR) is 63.4 cm³/mol. The monoisotopic (exact) mass is 231 g/mol. The van der Waals surface area contributed by atoms with Crippen LogP contribution in [-0.4, -0.2) is 23.2 Å². The van der Waals surface area contributed by atoms with Gasteiger partial charge in [-0.25, -0.2) is 0 Å². The Balaban J connectivity index is 2.11. The van der Waals surface area contributed by atoms with E-state index in [-0.39, 0.29) is 5.91 Å². The van der Waals surface area contributed by atoms with Gasteiger partial charge in [0, 0.05) is 13.3 Å². The lowest BCUT2D eigenvalue weighted by molar-refractivity contribution is -0.126. The number of hydrogen-bond acceptors (Lipinski definition) is 3. The summed E-state index contributed by atoms with van der Waals surface area (Å²) in [6.45, 7) is 0. The lowest BCUT2D eigenvalue weighted by atomic mass is 10.1. The number of aromatic amines is 1. The number of carbonyl (C=O) groups is 1. The Morgan fingerprint density at radius 2 is 2.18 bits per heavy atom. The minimum absolute atomic E-state index is 0.222. The maximum Gasteiger partial charge on any atom is 0.258 e. The van der Waals surface area contributed by atoms with E-state index >= 15 is 0 Å². The quantitative estimate of drug-likeness (QED) is 0.842. The van der Waals surface area contributed by atoms with Crippen LogP contribution in [-0.2, 0) is 9.53 Å². The Hall–Kier alpha value is -2.14. The molecular weight excluding hydrogens is 218 g/mol. The summed E-state index contributed by atoms with van der Waals surface area (Å²) in [6.07, 6.45) is 2.52. The first-order valence-corrected chi connectivity index (χ1v) is 5.18. The second kappa shape index (κ2) is 5.27. The Labute approximate surface area is 98.8 Å². The summed E-state index contributed by atoms with van der Waals surface area (Å²) in [7, 11) is 1.51. The van der Waals surface area contributed by atoms with Crippen LogP contribution in [0.5, 0.6) is 0 Å². The molecule has 1 amide bonds. The highest BCUT2D eigenvalue weighted by Gasteiger charge is 2.19. The van der Waals surface area contributed by atoms with Crippen LogP contribution >= 0.6 is 0 Å². The van der Waals surface area contributed by atoms with Crippen molar-refractivity contribution in [2.75, 3.05) is 12.4 Å². The summed E-state index contributed by atoms with van der Waals surface area (Å²) in [6, 6.07) is 9.33. The van der Waals surface area contributed by atoms with Gasteiger partial charge in [0.2, 0.25) is 0 Å². The van der Waals surface area contributed by atoms with Crippen molar-refractivity contribution in [1.29, 1.82) is 0 Å². The molecule has 2 N–H and O–H groups in total. The van der Waals surface area contributed by atoms with Crippen molar-refractivity contribution in [2.45, 2.75) is 6.10 Å². The third-order valence-electron chi connectivity index (χ3n) is 2.34. The third kappa shape index (κ3) is 2.70. The lowest BCUT2D eigenvalue weighted by Crippen LogP contribution is -2.22. The van der Waals surface area contributed by atoms with Crippen molar-refractivity contribution in [3.05, 3.63) is 48.3 Å². The van der Waals surface area contributed by atoms with Gasteiger partial charge < -0.3 is 10.1 Å². The minimum atomic E-state index is -0.619. The predicted octanol–water partition coefficient (Wildman–Crippen LogP) is 1.74. The van der Waals surface area contributed by atoms with Crippen molar-refractivity contribution >= 4 is 11.6 Å². The molecule has 0 fully saturated rings. The van der Waals surface area contributed by atoms with E-state index in [9.17, 15) is 4.79 Å². The second-order valence-corrected chi connectivity index (χ2v) is 3.50. The van der Waals surface area contributed by atoms with Crippen LogP contribution in [0.1, 0.15) is 11.7 Å². The van der Waals surface area contributed by atoms with Crippen molar-refractivity contribution in [1.82, 2.24) is 10.2 Å². The van der Waals surface area contributed by atoms with Gasteiger partial charge >= 0.3 is 0 Å². The molecule has 1 unspecified atom stereocenters. The molecule has 1 atom stereocenters. The van der Waals surface area contributed by atoms with E-state index < -0.39 is 6.10 Å². The maximum atomic E-state index is 12.0. The number of carbonyl (C=O) groups excluding carboxylic acids is 1. The highest BCUT2D eigenvalue weighted by atomic mass is 16.5. The average molecular weight is 231 g/mol. The zero-order chi connectivity index (χ0) is 12.1. The molecule has 1 heterocycles. The zero-order valence-electron chi connectivity index (χ0n) is 9.38. The van der Waals surface area contributed by atoms with Crippen LogP contribution in [0.4, 0.5) is 5.69 Å². The van der Waals surface area contributed by atoms with Crippen LogP contribution in [0.3, 0.4) is 0 Å². The average Bonchev–Trinajstić information content (AvgIpc) is 2.84. The highest BCUT2D eigenvalue weighted by molar-refractivity contribution is 5.94. The van der Waals surface area contributed by atoms with Gasteiger partial charge in [-0.05, 0) is 5.56 Å². The number of nitrogens with one attached hydrogen (secondary N) is 2. The number of aromatic nitrogens is 2. The molecule has 0 radical (unpaired) electrons. The molecule has 0 spiro atoms. The number of benzene rings is 1. The third-order valence-corrected chi connectivity index (χ3v) is 2.34. The van der Waals surface area contributed by atoms with E-state index in [2.05, 4.69) is 15.5 Å². The number of nitrogens with zero attached hydrogens (tertiary/aromatic N) is 1. The smallest absolute Gasteiger partial charge is 0.258 e. The van der Waals surface area contributed by atoms with Gasteiger partial charge in [-0.2, -0.15) is 5.10 Å². The van der Waals surface area contributed by atoms with Crippen LogP contribution < -0.4 is 5.32 Å². The summed E-state index contributed by atoms with van der Waals surface area (Å²) in [5.41, 5.74) is 1.43. The molecule has 17 heavy (non-hydrogen) atoms. The second-order valence-electron chi connectivity index (χ2n) is 3.50. The number of ether oxygens (including phenoxy) is 1. The molecule has 5 nitrogen and oxygen atoms in total. The Morgan fingerprint density at radius 3 is 2.76 bits per heavy atom. The van der Waals surface area contributed by atoms with Gasteiger partial charge in [0.1, 0.15) is 0 Å². The van der Waals surface area contributed by atoms with Gasteiger partial charge in [0.05, 0.1) is 11.9 Å². The van der Waals surface area contributed by atoms with E-state index in [1.807, 2.05) is 30.3 Å². The fourth-order valence-electron chi connectivity index (χ4n) is 1.55. The number of methoxy groups -OCH3 is 1. The first-order chi connectivity index (χ1) is 8.31. The molecule has 0 aliphatic rings. The van der Waals surface area contributed by atoms with E-state index in [1.165, 1.54) is 13.3 Å². The zero-order valence-corrected chi connectivity index (χ0v) is 9.38. The number of rotatable bonds is 4. The molecule has 0 aliphatic carbocycles. The molecular formula is C12H13N3O2. The number of H-pyrrole nitrogens is 1. The Kier molecular flexibility index (Phi) is 3.52. The normalized spacial score (nSPS) is 12.1. The topological polar surface area (TPSA) is 67.0 Å². The Bertz CT molecular complexity index is 468. The number of amides is 1. The molecule has 2 aromatic rings. The van der Waals surface area contributed by atoms with Gasteiger partial charge in [-0.1, -0.05) is 30.3 Å². The summed E-state index contributed by atoms with van der Waals surface area (Å²) >= 11 is 0. The molecule has 88 valence electrons. The van der Waals surface area contributed by atoms with E-state index in [1.54, 1.807) is 6.20 Å². The van der Waals surface area contributed by atoms with E-state index in [0.717, 1.165) is 5.56 Å². The van der Waals surface area contributed by atoms with Crippen molar-refractivity contribution in [3.8, 4) is 0 Å². The van der Waals surface area contributed by atoms with Crippen molar-refractivity contribution in [3.63, 3.8) is 0 Å². The van der Waals surface area contributed by atoms with Crippen LogP contribution in [0, 0.1) is 0 Å². The molecule has 0 bridgehead atoms. The van der Waals surface area contributed by atoms with E-state index in [0.29, 0.717) is 5.69 Å². The number of hydrogen-bond donors (Lipinski definition) is 2. The highest BCUT2D eigenvalue weighted by Crippen LogP contribution is 2.18. The number of anilines is 1. The van der Waals surface area contributed by atoms with Crippen molar-refractivity contribution in [2.24, 2.45) is 0 Å². The molecule has 0 saturated carbocycles. The molecule has 2 rings (SSSR count). The van der Waals surface area contributed by atoms with Crippen LogP contribution in [0.2, 0.25) is 0 Å². The molecule has 1 aromatic heterocycles. The summed E-state index contributed by atoms with van der Waals surface area (Å²) in [4.78, 5) is 12.0. The summed E-state index contributed by atoms with van der Waals surface area (Å²) in [5, 5.41) is 9.09. The lowest BCUT2D eigenvalue weighted by Gasteiger charge is -2.14.